The molecule has 0 saturated carbocycles. The summed E-state index contributed by atoms with van der Waals surface area (Å²) in [5.74, 6) is -2.30. The summed E-state index contributed by atoms with van der Waals surface area (Å²) in [7, 11) is 0. The fourth-order valence-electron chi connectivity index (χ4n) is 1.13. The summed E-state index contributed by atoms with van der Waals surface area (Å²) in [6.45, 7) is 0.860. The first-order valence-corrected chi connectivity index (χ1v) is 5.84. The van der Waals surface area contributed by atoms with Crippen molar-refractivity contribution in [3.05, 3.63) is 0 Å². The third-order valence-electron chi connectivity index (χ3n) is 2.07. The number of ether oxygens (including phenoxy) is 2. The second-order valence-electron chi connectivity index (χ2n) is 3.75. The molecular weight excluding hydrogens is 240 g/mol. The van der Waals surface area contributed by atoms with Crippen LogP contribution >= 0.6 is 0 Å². The Morgan fingerprint density at radius 1 is 0.833 bits per heavy atom. The summed E-state index contributed by atoms with van der Waals surface area (Å²) >= 11 is 0. The number of carbonyl (C=O) groups is 2. The molecule has 2 atom stereocenters. The second kappa shape index (κ2) is 9.77. The highest BCUT2D eigenvalue weighted by Gasteiger charge is 2.22. The van der Waals surface area contributed by atoms with E-state index in [0.29, 0.717) is 38.8 Å². The molecule has 0 amide bonds. The topological polar surface area (TPSA) is 157 Å². The highest BCUT2D eigenvalue weighted by Crippen LogP contribution is 2.00. The number of rotatable bonds is 8. The molecule has 8 heteroatoms. The second-order valence-corrected chi connectivity index (χ2v) is 3.75. The minimum absolute atomic E-state index is 0.384. The number of nitrogens with two attached hydrogens (primary N) is 4. The molecule has 0 aromatic heterocycles. The van der Waals surface area contributed by atoms with Gasteiger partial charge in [-0.25, -0.2) is 9.59 Å². The van der Waals surface area contributed by atoms with Gasteiger partial charge in [-0.05, 0) is 38.8 Å². The van der Waals surface area contributed by atoms with E-state index < -0.39 is 24.4 Å². The maximum absolute atomic E-state index is 11.2. The highest BCUT2D eigenvalue weighted by molar-refractivity contribution is 6.29. The van der Waals surface area contributed by atoms with Gasteiger partial charge >= 0.3 is 11.9 Å². The van der Waals surface area contributed by atoms with Crippen LogP contribution in [0.25, 0.3) is 0 Å². The van der Waals surface area contributed by atoms with Gasteiger partial charge in [-0.15, -0.1) is 0 Å². The van der Waals surface area contributed by atoms with Gasteiger partial charge in [0.05, 0.1) is 0 Å². The molecule has 0 heterocycles. The van der Waals surface area contributed by atoms with E-state index in [4.69, 9.17) is 22.9 Å². The highest BCUT2D eigenvalue weighted by atomic mass is 16.6. The van der Waals surface area contributed by atoms with Crippen LogP contribution in [0.4, 0.5) is 0 Å². The standard InChI is InChI=1S/C10H22N4O4/c11-5-1-3-7(13)17-9(15)10(16)18-8(14)4-2-6-12/h7-8H,1-6,11-14H2. The molecule has 8 nitrogen and oxygen atoms in total. The van der Waals surface area contributed by atoms with Gasteiger partial charge in [0.2, 0.25) is 0 Å². The van der Waals surface area contributed by atoms with Crippen LogP contribution in [-0.2, 0) is 19.1 Å². The zero-order valence-electron chi connectivity index (χ0n) is 10.3. The van der Waals surface area contributed by atoms with Crippen molar-refractivity contribution in [3.63, 3.8) is 0 Å². The van der Waals surface area contributed by atoms with E-state index in [1.165, 1.54) is 0 Å². The Labute approximate surface area is 106 Å². The van der Waals surface area contributed by atoms with Crippen LogP contribution in [0.5, 0.6) is 0 Å². The van der Waals surface area contributed by atoms with Crippen LogP contribution in [0.3, 0.4) is 0 Å². The van der Waals surface area contributed by atoms with Gasteiger partial charge in [0.15, 0.2) is 12.5 Å². The maximum Gasteiger partial charge on any atom is 0.419 e. The normalized spacial score (nSPS) is 13.8. The van der Waals surface area contributed by atoms with Crippen molar-refractivity contribution in [1.29, 1.82) is 0 Å². The van der Waals surface area contributed by atoms with Crippen LogP contribution in [0.15, 0.2) is 0 Å². The van der Waals surface area contributed by atoms with E-state index in [9.17, 15) is 9.59 Å². The van der Waals surface area contributed by atoms with Crippen LogP contribution in [0.1, 0.15) is 25.7 Å². The summed E-state index contributed by atoms with van der Waals surface area (Å²) < 4.78 is 9.30. The van der Waals surface area contributed by atoms with Crippen molar-refractivity contribution in [3.8, 4) is 0 Å². The van der Waals surface area contributed by atoms with Crippen LogP contribution in [-0.4, -0.2) is 37.5 Å². The lowest BCUT2D eigenvalue weighted by atomic mass is 10.3. The van der Waals surface area contributed by atoms with Gasteiger partial charge in [0.25, 0.3) is 0 Å². The van der Waals surface area contributed by atoms with E-state index >= 15 is 0 Å². The zero-order valence-corrected chi connectivity index (χ0v) is 10.3. The molecule has 0 aliphatic rings. The average molecular weight is 262 g/mol. The molecule has 0 radical (unpaired) electrons. The largest absolute Gasteiger partial charge is 0.438 e. The van der Waals surface area contributed by atoms with Gasteiger partial charge in [-0.3, -0.25) is 11.5 Å². The zero-order chi connectivity index (χ0) is 14.0. The summed E-state index contributed by atoms with van der Waals surface area (Å²) in [5.41, 5.74) is 21.4. The Bertz CT molecular complexity index is 236. The molecule has 0 spiro atoms. The summed E-state index contributed by atoms with van der Waals surface area (Å²) in [5, 5.41) is 0. The first kappa shape index (κ1) is 16.8. The SMILES string of the molecule is NCCCC(N)OC(=O)C(=O)OC(N)CCCN. The molecule has 0 aromatic rings. The molecule has 0 aliphatic carbocycles. The van der Waals surface area contributed by atoms with Gasteiger partial charge in [-0.2, -0.15) is 0 Å². The first-order chi connectivity index (χ1) is 8.51. The van der Waals surface area contributed by atoms with Crippen LogP contribution < -0.4 is 22.9 Å². The number of hydrogen-bond acceptors (Lipinski definition) is 8. The maximum atomic E-state index is 11.2. The lowest BCUT2D eigenvalue weighted by Gasteiger charge is -2.14. The Balaban J connectivity index is 3.91. The molecule has 106 valence electrons. The minimum atomic E-state index is -1.15. The van der Waals surface area contributed by atoms with Crippen LogP contribution in [0, 0.1) is 0 Å². The Morgan fingerprint density at radius 3 is 1.44 bits per heavy atom. The fraction of sp³-hybridized carbons (Fsp3) is 0.800. The fourth-order valence-corrected chi connectivity index (χ4v) is 1.13. The minimum Gasteiger partial charge on any atom is -0.438 e. The monoisotopic (exact) mass is 262 g/mol. The van der Waals surface area contributed by atoms with Crippen molar-refractivity contribution in [2.24, 2.45) is 22.9 Å². The third kappa shape index (κ3) is 7.96. The number of carbonyl (C=O) groups excluding carboxylic acids is 2. The molecule has 0 saturated heterocycles. The predicted octanol–water partition coefficient (Wildman–Crippen LogP) is -1.88. The predicted molar refractivity (Wildman–Crippen MR) is 64.7 cm³/mol. The molecule has 0 fully saturated rings. The molecule has 0 aliphatic heterocycles. The Hall–Kier alpha value is -1.22. The van der Waals surface area contributed by atoms with E-state index in [0.717, 1.165) is 0 Å². The number of hydrogen-bond donors (Lipinski definition) is 4. The van der Waals surface area contributed by atoms with Gasteiger partial charge in [-0.1, -0.05) is 0 Å². The van der Waals surface area contributed by atoms with E-state index in [1.54, 1.807) is 0 Å². The molecule has 0 bridgehead atoms. The molecular formula is C10H22N4O4. The quantitative estimate of drug-likeness (QED) is 0.225. The summed E-state index contributed by atoms with van der Waals surface area (Å²) in [6, 6.07) is 0. The van der Waals surface area contributed by atoms with Gasteiger partial charge in [0.1, 0.15) is 0 Å². The lowest BCUT2D eigenvalue weighted by Crippen LogP contribution is -2.36. The van der Waals surface area contributed by atoms with Crippen LogP contribution in [0.2, 0.25) is 0 Å². The summed E-state index contributed by atoms with van der Waals surface area (Å²) in [4.78, 5) is 22.5. The molecule has 8 N–H and O–H groups in total. The average Bonchev–Trinajstić information content (AvgIpc) is 2.33. The van der Waals surface area contributed by atoms with Crippen molar-refractivity contribution >= 4 is 11.9 Å². The summed E-state index contributed by atoms with van der Waals surface area (Å²) in [6.07, 6.45) is 0.227. The smallest absolute Gasteiger partial charge is 0.419 e. The van der Waals surface area contributed by atoms with Crippen molar-refractivity contribution < 1.29 is 19.1 Å². The van der Waals surface area contributed by atoms with Crippen molar-refractivity contribution in [2.75, 3.05) is 13.1 Å². The van der Waals surface area contributed by atoms with E-state index in [2.05, 4.69) is 9.47 Å². The molecule has 18 heavy (non-hydrogen) atoms. The van der Waals surface area contributed by atoms with E-state index in [-0.39, 0.29) is 0 Å². The molecule has 0 aromatic carbocycles. The van der Waals surface area contributed by atoms with Gasteiger partial charge < -0.3 is 20.9 Å². The van der Waals surface area contributed by atoms with Crippen molar-refractivity contribution in [2.45, 2.75) is 38.1 Å². The Morgan fingerprint density at radius 2 is 1.17 bits per heavy atom. The third-order valence-corrected chi connectivity index (χ3v) is 2.07. The van der Waals surface area contributed by atoms with E-state index in [1.807, 2.05) is 0 Å². The number of esters is 2. The molecule has 2 unspecified atom stereocenters. The molecule has 0 rings (SSSR count). The lowest BCUT2D eigenvalue weighted by molar-refractivity contribution is -0.174. The van der Waals surface area contributed by atoms with Gasteiger partial charge in [0, 0.05) is 0 Å². The Kier molecular flexibility index (Phi) is 9.11. The first-order valence-electron chi connectivity index (χ1n) is 5.84. The van der Waals surface area contributed by atoms with Crippen molar-refractivity contribution in [1.82, 2.24) is 0 Å².